The Morgan fingerprint density at radius 3 is 2.30 bits per heavy atom. The van der Waals surface area contributed by atoms with Gasteiger partial charge in [-0.25, -0.2) is 26.7 Å². The first-order valence-corrected chi connectivity index (χ1v) is 10.2. The van der Waals surface area contributed by atoms with Crippen LogP contribution in [-0.4, -0.2) is 39.1 Å². The number of rotatable bonds is 6. The second-order valence-electron chi connectivity index (χ2n) is 4.28. The van der Waals surface area contributed by atoms with Crippen molar-refractivity contribution in [3.8, 4) is 0 Å². The van der Waals surface area contributed by atoms with Crippen molar-refractivity contribution in [2.45, 2.75) is 22.8 Å². The predicted molar refractivity (Wildman–Crippen MR) is 76.5 cm³/mol. The van der Waals surface area contributed by atoms with E-state index in [1.807, 2.05) is 0 Å². The highest BCUT2D eigenvalue weighted by Crippen LogP contribution is 2.14. The molecule has 0 saturated heterocycles. The molecule has 0 aliphatic carbocycles. The summed E-state index contributed by atoms with van der Waals surface area (Å²) in [5.41, 5.74) is 0. The lowest BCUT2D eigenvalue weighted by Crippen LogP contribution is -2.36. The van der Waals surface area contributed by atoms with Crippen LogP contribution in [0.1, 0.15) is 6.92 Å². The molecule has 0 spiro atoms. The fraction of sp³-hybridized carbons (Fsp3) is 0.400. The van der Waals surface area contributed by atoms with E-state index in [2.05, 4.69) is 4.72 Å². The number of sulfonamides is 2. The minimum absolute atomic E-state index is 0.161. The zero-order valence-electron chi connectivity index (χ0n) is 10.9. The Morgan fingerprint density at radius 1 is 1.25 bits per heavy atom. The van der Waals surface area contributed by atoms with Crippen molar-refractivity contribution < 1.29 is 21.0 Å². The molecule has 1 aromatic carbocycles. The minimum atomic E-state index is -3.97. The molecule has 0 aliphatic rings. The fourth-order valence-electron chi connectivity index (χ4n) is 1.54. The molecule has 10 heteroatoms. The molecule has 0 radical (unpaired) electrons. The third kappa shape index (κ3) is 4.94. The van der Waals surface area contributed by atoms with Gasteiger partial charge < -0.3 is 0 Å². The number of primary sulfonamides is 1. The number of benzene rings is 1. The lowest BCUT2D eigenvalue weighted by Gasteiger charge is -2.13. The molecular formula is C10H16N2O5S3. The van der Waals surface area contributed by atoms with E-state index in [4.69, 9.17) is 5.14 Å². The molecule has 3 N–H and O–H groups in total. The quantitative estimate of drug-likeness (QED) is 0.714. The molecule has 0 fully saturated rings. The Kier molecular flexibility index (Phi) is 5.44. The number of nitrogens with two attached hydrogens (primary N) is 1. The predicted octanol–water partition coefficient (Wildman–Crippen LogP) is -0.621. The van der Waals surface area contributed by atoms with Gasteiger partial charge in [0, 0.05) is 28.9 Å². The molecule has 2 unspecified atom stereocenters. The maximum Gasteiger partial charge on any atom is 0.240 e. The molecule has 2 atom stereocenters. The highest BCUT2D eigenvalue weighted by molar-refractivity contribution is 7.90. The van der Waals surface area contributed by atoms with Crippen LogP contribution in [0.25, 0.3) is 0 Å². The van der Waals surface area contributed by atoms with Gasteiger partial charge in [0.2, 0.25) is 20.0 Å². The summed E-state index contributed by atoms with van der Waals surface area (Å²) in [5.74, 6) is 0.161. The van der Waals surface area contributed by atoms with Crippen LogP contribution in [0.5, 0.6) is 0 Å². The van der Waals surface area contributed by atoms with Gasteiger partial charge in [-0.1, -0.05) is 6.07 Å². The summed E-state index contributed by atoms with van der Waals surface area (Å²) in [7, 11) is -9.01. The largest absolute Gasteiger partial charge is 0.260 e. The SMILES string of the molecule is CC(CS(C)=O)NS(=O)(=O)c1cccc(S(N)(=O)=O)c1. The Bertz CT molecular complexity index is 712. The van der Waals surface area contributed by atoms with Crippen LogP contribution >= 0.6 is 0 Å². The molecule has 0 aromatic heterocycles. The zero-order valence-corrected chi connectivity index (χ0v) is 13.4. The van der Waals surface area contributed by atoms with Crippen molar-refractivity contribution in [1.29, 1.82) is 0 Å². The highest BCUT2D eigenvalue weighted by atomic mass is 32.2. The van der Waals surface area contributed by atoms with E-state index in [0.717, 1.165) is 6.07 Å². The van der Waals surface area contributed by atoms with Crippen LogP contribution in [0.4, 0.5) is 0 Å². The summed E-state index contributed by atoms with van der Waals surface area (Å²) in [4.78, 5) is -0.496. The first-order chi connectivity index (χ1) is 9.02. The topological polar surface area (TPSA) is 123 Å². The second kappa shape index (κ2) is 6.31. The molecule has 20 heavy (non-hydrogen) atoms. The lowest BCUT2D eigenvalue weighted by atomic mass is 10.4. The Morgan fingerprint density at radius 2 is 1.80 bits per heavy atom. The monoisotopic (exact) mass is 340 g/mol. The first-order valence-electron chi connectivity index (χ1n) is 5.47. The number of hydrogen-bond donors (Lipinski definition) is 2. The first kappa shape index (κ1) is 17.2. The van der Waals surface area contributed by atoms with Crippen LogP contribution in [0.3, 0.4) is 0 Å². The molecule has 114 valence electrons. The van der Waals surface area contributed by atoms with Crippen LogP contribution < -0.4 is 9.86 Å². The molecular weight excluding hydrogens is 324 g/mol. The van der Waals surface area contributed by atoms with Crippen molar-refractivity contribution in [3.63, 3.8) is 0 Å². The summed E-state index contributed by atoms with van der Waals surface area (Å²) >= 11 is 0. The second-order valence-corrected chi connectivity index (χ2v) is 9.04. The summed E-state index contributed by atoms with van der Waals surface area (Å²) in [6.45, 7) is 1.57. The van der Waals surface area contributed by atoms with Crippen LogP contribution in [0.15, 0.2) is 34.1 Å². The van der Waals surface area contributed by atoms with Crippen LogP contribution in [0, 0.1) is 0 Å². The van der Waals surface area contributed by atoms with Gasteiger partial charge in [0.05, 0.1) is 9.79 Å². The van der Waals surface area contributed by atoms with Gasteiger partial charge in [0.25, 0.3) is 0 Å². The van der Waals surface area contributed by atoms with E-state index in [1.54, 1.807) is 6.92 Å². The maximum atomic E-state index is 12.1. The van der Waals surface area contributed by atoms with Crippen molar-refractivity contribution in [2.75, 3.05) is 12.0 Å². The van der Waals surface area contributed by atoms with Gasteiger partial charge in [-0.05, 0) is 25.1 Å². The summed E-state index contributed by atoms with van der Waals surface area (Å²) in [6, 6.07) is 4.19. The van der Waals surface area contributed by atoms with E-state index in [9.17, 15) is 21.0 Å². The summed E-state index contributed by atoms with van der Waals surface area (Å²) in [5, 5.41) is 4.95. The third-order valence-corrected chi connectivity index (χ3v) is 5.75. The van der Waals surface area contributed by atoms with Gasteiger partial charge in [0.1, 0.15) is 0 Å². The maximum absolute atomic E-state index is 12.1. The molecule has 0 aliphatic heterocycles. The van der Waals surface area contributed by atoms with Gasteiger partial charge in [0.15, 0.2) is 0 Å². The number of hydrogen-bond acceptors (Lipinski definition) is 5. The van der Waals surface area contributed by atoms with Crippen molar-refractivity contribution in [1.82, 2.24) is 4.72 Å². The summed E-state index contributed by atoms with van der Waals surface area (Å²) in [6.07, 6.45) is 1.46. The van der Waals surface area contributed by atoms with E-state index in [-0.39, 0.29) is 15.5 Å². The lowest BCUT2D eigenvalue weighted by molar-refractivity contribution is 0.570. The van der Waals surface area contributed by atoms with Gasteiger partial charge in [-0.15, -0.1) is 0 Å². The Labute approximate surface area is 121 Å². The normalized spacial score (nSPS) is 15.8. The van der Waals surface area contributed by atoms with E-state index in [0.29, 0.717) is 0 Å². The van der Waals surface area contributed by atoms with Crippen molar-refractivity contribution >= 4 is 30.8 Å². The smallest absolute Gasteiger partial charge is 0.240 e. The van der Waals surface area contributed by atoms with Crippen molar-refractivity contribution in [2.24, 2.45) is 5.14 Å². The average Bonchev–Trinajstić information content (AvgIpc) is 2.26. The minimum Gasteiger partial charge on any atom is -0.260 e. The number of nitrogens with one attached hydrogen (secondary N) is 1. The van der Waals surface area contributed by atoms with E-state index < -0.39 is 36.9 Å². The van der Waals surface area contributed by atoms with E-state index in [1.165, 1.54) is 24.5 Å². The van der Waals surface area contributed by atoms with Gasteiger partial charge >= 0.3 is 0 Å². The molecule has 1 aromatic rings. The van der Waals surface area contributed by atoms with Gasteiger partial charge in [-0.2, -0.15) is 0 Å². The Balaban J connectivity index is 3.08. The summed E-state index contributed by atoms with van der Waals surface area (Å²) < 4.78 is 59.9. The molecule has 0 saturated carbocycles. The molecule has 7 nitrogen and oxygen atoms in total. The van der Waals surface area contributed by atoms with E-state index >= 15 is 0 Å². The van der Waals surface area contributed by atoms with Crippen LogP contribution in [0.2, 0.25) is 0 Å². The average molecular weight is 340 g/mol. The standard InChI is InChI=1S/C10H16N2O5S3/c1-8(7-18(2)13)12-20(16,17)10-5-3-4-9(6-10)19(11,14)15/h3-6,8,12H,7H2,1-2H3,(H2,11,14,15). The molecule has 0 heterocycles. The molecule has 1 rings (SSSR count). The zero-order chi connectivity index (χ0) is 15.6. The fourth-order valence-corrected chi connectivity index (χ4v) is 4.35. The van der Waals surface area contributed by atoms with Crippen LogP contribution in [-0.2, 0) is 30.8 Å². The van der Waals surface area contributed by atoms with Crippen molar-refractivity contribution in [3.05, 3.63) is 24.3 Å². The molecule has 0 amide bonds. The van der Waals surface area contributed by atoms with Gasteiger partial charge in [-0.3, -0.25) is 4.21 Å². The highest BCUT2D eigenvalue weighted by Gasteiger charge is 2.20. The molecule has 0 bridgehead atoms. The third-order valence-electron chi connectivity index (χ3n) is 2.29. The Hall–Kier alpha value is -0.810.